The molecule has 1 N–H and O–H groups in total. The number of amides is 1. The van der Waals surface area contributed by atoms with Gasteiger partial charge in [-0.1, -0.05) is 30.3 Å². The Morgan fingerprint density at radius 1 is 1.13 bits per heavy atom. The first kappa shape index (κ1) is 11.1. The van der Waals surface area contributed by atoms with Gasteiger partial charge in [-0.15, -0.1) is 0 Å². The Labute approximate surface area is 87.3 Å². The molecule has 1 aromatic rings. The highest BCUT2D eigenvalue weighted by Gasteiger charge is 2.10. The van der Waals surface area contributed by atoms with E-state index in [0.717, 1.165) is 6.92 Å². The second kappa shape index (κ2) is 5.05. The molecule has 0 bridgehead atoms. The highest BCUT2D eigenvalue weighted by Crippen LogP contribution is 1.98. The lowest BCUT2D eigenvalue weighted by atomic mass is 10.1. The third kappa shape index (κ3) is 3.34. The van der Waals surface area contributed by atoms with Gasteiger partial charge in [0.25, 0.3) is 5.91 Å². The Morgan fingerprint density at radius 3 is 2.27 bits per heavy atom. The molecule has 4 nitrogen and oxygen atoms in total. The van der Waals surface area contributed by atoms with Crippen molar-refractivity contribution in [1.29, 1.82) is 0 Å². The van der Waals surface area contributed by atoms with Crippen LogP contribution in [0.1, 0.15) is 17.3 Å². The largest absolute Gasteiger partial charge is 0.342 e. The number of carbonyl (C=O) groups is 3. The molecule has 0 heterocycles. The lowest BCUT2D eigenvalue weighted by Gasteiger charge is -2.01. The second-order valence-electron chi connectivity index (χ2n) is 3.03. The highest BCUT2D eigenvalue weighted by atomic mass is 16.2. The third-order valence-corrected chi connectivity index (χ3v) is 1.83. The average Bonchev–Trinajstić information content (AvgIpc) is 2.26. The maximum atomic E-state index is 11.4. The lowest BCUT2D eigenvalue weighted by Crippen LogP contribution is -2.33. The normalized spacial score (nSPS) is 9.40. The Balaban J connectivity index is 2.51. The molecule has 1 amide bonds. The van der Waals surface area contributed by atoms with Gasteiger partial charge in [0, 0.05) is 12.5 Å². The van der Waals surface area contributed by atoms with Crippen molar-refractivity contribution in [2.24, 2.45) is 0 Å². The molecule has 1 rings (SSSR count). The summed E-state index contributed by atoms with van der Waals surface area (Å²) in [5, 5.41) is 2.24. The van der Waals surface area contributed by atoms with Crippen LogP contribution in [-0.2, 0) is 9.59 Å². The predicted octanol–water partition coefficient (Wildman–Crippen LogP) is 0.574. The molecule has 0 aliphatic carbocycles. The van der Waals surface area contributed by atoms with Crippen LogP contribution in [-0.4, -0.2) is 24.0 Å². The fourth-order valence-corrected chi connectivity index (χ4v) is 1.01. The zero-order chi connectivity index (χ0) is 11.3. The molecule has 0 radical (unpaired) electrons. The van der Waals surface area contributed by atoms with Crippen LogP contribution in [0.25, 0.3) is 0 Å². The summed E-state index contributed by atoms with van der Waals surface area (Å²) in [6.45, 7) is 1.00. The molecule has 15 heavy (non-hydrogen) atoms. The summed E-state index contributed by atoms with van der Waals surface area (Å²) >= 11 is 0. The first-order valence-electron chi connectivity index (χ1n) is 4.48. The van der Waals surface area contributed by atoms with E-state index in [1.807, 2.05) is 0 Å². The van der Waals surface area contributed by atoms with Crippen LogP contribution in [0.4, 0.5) is 0 Å². The highest BCUT2D eigenvalue weighted by molar-refractivity contribution is 6.35. The maximum absolute atomic E-state index is 11.4. The summed E-state index contributed by atoms with van der Waals surface area (Å²) in [7, 11) is 0. The van der Waals surface area contributed by atoms with E-state index < -0.39 is 11.7 Å². The smallest absolute Gasteiger partial charge is 0.287 e. The van der Waals surface area contributed by atoms with E-state index in [-0.39, 0.29) is 12.3 Å². The number of ketones is 2. The van der Waals surface area contributed by atoms with E-state index in [0.29, 0.717) is 5.56 Å². The van der Waals surface area contributed by atoms with Crippen molar-refractivity contribution >= 4 is 17.5 Å². The topological polar surface area (TPSA) is 63.2 Å². The monoisotopic (exact) mass is 205 g/mol. The summed E-state index contributed by atoms with van der Waals surface area (Å²) in [6, 6.07) is 8.58. The minimum atomic E-state index is -0.737. The zero-order valence-electron chi connectivity index (χ0n) is 8.32. The van der Waals surface area contributed by atoms with Crippen molar-refractivity contribution in [3.05, 3.63) is 35.9 Å². The molecule has 0 atom stereocenters. The Kier molecular flexibility index (Phi) is 3.74. The van der Waals surface area contributed by atoms with E-state index in [1.54, 1.807) is 30.3 Å². The standard InChI is InChI=1S/C11H11NO3/c1-8(13)11(15)12-7-10(14)9-5-3-2-4-6-9/h2-6H,7H2,1H3,(H,12,15). The molecular formula is C11H11NO3. The number of Topliss-reactive ketones (excluding diaryl/α,β-unsaturated/α-hetero) is 2. The molecular weight excluding hydrogens is 194 g/mol. The van der Waals surface area contributed by atoms with Gasteiger partial charge < -0.3 is 5.32 Å². The van der Waals surface area contributed by atoms with E-state index in [9.17, 15) is 14.4 Å². The minimum absolute atomic E-state index is 0.150. The van der Waals surface area contributed by atoms with Crippen LogP contribution >= 0.6 is 0 Å². The van der Waals surface area contributed by atoms with Gasteiger partial charge >= 0.3 is 0 Å². The fraction of sp³-hybridized carbons (Fsp3) is 0.182. The van der Waals surface area contributed by atoms with Crippen LogP contribution in [0.2, 0.25) is 0 Å². The van der Waals surface area contributed by atoms with Crippen molar-refractivity contribution in [2.45, 2.75) is 6.92 Å². The van der Waals surface area contributed by atoms with Crippen molar-refractivity contribution in [3.63, 3.8) is 0 Å². The number of rotatable bonds is 4. The third-order valence-electron chi connectivity index (χ3n) is 1.83. The zero-order valence-corrected chi connectivity index (χ0v) is 8.32. The Hall–Kier alpha value is -1.97. The second-order valence-corrected chi connectivity index (χ2v) is 3.03. The number of nitrogens with one attached hydrogen (secondary N) is 1. The quantitative estimate of drug-likeness (QED) is 0.577. The van der Waals surface area contributed by atoms with E-state index in [1.165, 1.54) is 0 Å². The van der Waals surface area contributed by atoms with Gasteiger partial charge in [-0.2, -0.15) is 0 Å². The molecule has 0 spiro atoms. The molecule has 0 fully saturated rings. The summed E-state index contributed by atoms with van der Waals surface area (Å²) < 4.78 is 0. The van der Waals surface area contributed by atoms with Gasteiger partial charge in [0.1, 0.15) is 0 Å². The molecule has 0 aromatic heterocycles. The minimum Gasteiger partial charge on any atom is -0.342 e. The molecule has 1 aromatic carbocycles. The molecule has 0 unspecified atom stereocenters. The van der Waals surface area contributed by atoms with Crippen molar-refractivity contribution in [3.8, 4) is 0 Å². The van der Waals surface area contributed by atoms with E-state index in [4.69, 9.17) is 0 Å². The number of carbonyl (C=O) groups excluding carboxylic acids is 3. The van der Waals surface area contributed by atoms with Gasteiger partial charge in [0.15, 0.2) is 5.78 Å². The summed E-state index contributed by atoms with van der Waals surface area (Å²) in [4.78, 5) is 32.9. The van der Waals surface area contributed by atoms with E-state index >= 15 is 0 Å². The Morgan fingerprint density at radius 2 is 1.73 bits per heavy atom. The molecule has 78 valence electrons. The summed E-state index contributed by atoms with van der Waals surface area (Å²) in [6.07, 6.45) is 0. The number of hydrogen-bond acceptors (Lipinski definition) is 3. The van der Waals surface area contributed by atoms with Gasteiger partial charge in [0.2, 0.25) is 5.78 Å². The Bertz CT molecular complexity index is 384. The first-order valence-corrected chi connectivity index (χ1v) is 4.48. The van der Waals surface area contributed by atoms with Gasteiger partial charge in [-0.25, -0.2) is 0 Å². The summed E-state index contributed by atoms with van der Waals surface area (Å²) in [5.74, 6) is -1.56. The SMILES string of the molecule is CC(=O)C(=O)NCC(=O)c1ccccc1. The van der Waals surface area contributed by atoms with Gasteiger partial charge in [-0.05, 0) is 0 Å². The first-order chi connectivity index (χ1) is 7.11. The van der Waals surface area contributed by atoms with Crippen molar-refractivity contribution in [1.82, 2.24) is 5.32 Å². The average molecular weight is 205 g/mol. The van der Waals surface area contributed by atoms with Crippen LogP contribution < -0.4 is 5.32 Å². The van der Waals surface area contributed by atoms with Crippen molar-refractivity contribution < 1.29 is 14.4 Å². The van der Waals surface area contributed by atoms with Crippen LogP contribution in [0.15, 0.2) is 30.3 Å². The lowest BCUT2D eigenvalue weighted by molar-refractivity contribution is -0.136. The molecule has 0 aliphatic heterocycles. The predicted molar refractivity (Wildman–Crippen MR) is 54.5 cm³/mol. The van der Waals surface area contributed by atoms with Gasteiger partial charge in [0.05, 0.1) is 6.54 Å². The molecule has 0 saturated heterocycles. The van der Waals surface area contributed by atoms with Gasteiger partial charge in [-0.3, -0.25) is 14.4 Å². The maximum Gasteiger partial charge on any atom is 0.287 e. The van der Waals surface area contributed by atoms with E-state index in [2.05, 4.69) is 5.32 Å². The molecule has 4 heteroatoms. The van der Waals surface area contributed by atoms with Crippen LogP contribution in [0.3, 0.4) is 0 Å². The number of benzene rings is 1. The molecule has 0 saturated carbocycles. The fourth-order valence-electron chi connectivity index (χ4n) is 1.01. The van der Waals surface area contributed by atoms with Crippen molar-refractivity contribution in [2.75, 3.05) is 6.54 Å². The number of hydrogen-bond donors (Lipinski definition) is 1. The summed E-state index contributed by atoms with van der Waals surface area (Å²) in [5.41, 5.74) is 0.515. The van der Waals surface area contributed by atoms with Crippen LogP contribution in [0.5, 0.6) is 0 Å². The molecule has 0 aliphatic rings. The van der Waals surface area contributed by atoms with Crippen LogP contribution in [0, 0.1) is 0 Å².